The molecule has 4 N–H and O–H groups in total. The fourth-order valence-corrected chi connectivity index (χ4v) is 2.59. The van der Waals surface area contributed by atoms with Crippen molar-refractivity contribution >= 4 is 17.5 Å². The van der Waals surface area contributed by atoms with Crippen LogP contribution in [0.3, 0.4) is 0 Å². The molecule has 6 heteroatoms. The summed E-state index contributed by atoms with van der Waals surface area (Å²) >= 11 is 1.63. The van der Waals surface area contributed by atoms with Gasteiger partial charge in [0.1, 0.15) is 0 Å². The molecule has 0 saturated carbocycles. The minimum absolute atomic E-state index is 0.0171. The number of hydrogen-bond donors (Lipinski definition) is 4. The van der Waals surface area contributed by atoms with Crippen LogP contribution in [-0.2, 0) is 11.4 Å². The molecule has 2 atom stereocenters. The first kappa shape index (κ1) is 13.5. The van der Waals surface area contributed by atoms with Crippen molar-refractivity contribution in [2.24, 2.45) is 0 Å². The normalized spacial score (nSPS) is 24.2. The van der Waals surface area contributed by atoms with Crippen LogP contribution in [0.15, 0.2) is 29.2 Å². The molecule has 1 heterocycles. The highest BCUT2D eigenvalue weighted by Gasteiger charge is 2.25. The summed E-state index contributed by atoms with van der Waals surface area (Å²) in [4.78, 5) is 12.4. The predicted molar refractivity (Wildman–Crippen MR) is 68.8 cm³/mol. The molecule has 0 amide bonds. The summed E-state index contributed by atoms with van der Waals surface area (Å²) in [5.74, 6) is 0.555. The van der Waals surface area contributed by atoms with E-state index in [9.17, 15) is 9.90 Å². The van der Waals surface area contributed by atoms with Gasteiger partial charge in [0.25, 0.3) is 0 Å². The van der Waals surface area contributed by atoms with Crippen LogP contribution >= 0.6 is 11.8 Å². The standard InChI is InChI=1S/C12H16N2O3S/c15-6-8-1-3-10(4-2-8)18-7-9-5-11(16)12(17)14-13-9/h1-4,9,12-15,17H,5-7H2. The first-order valence-electron chi connectivity index (χ1n) is 5.73. The maximum absolute atomic E-state index is 11.3. The highest BCUT2D eigenvalue weighted by Crippen LogP contribution is 2.20. The maximum Gasteiger partial charge on any atom is 0.179 e. The number of carbonyl (C=O) groups excluding carboxylic acids is 1. The molecule has 18 heavy (non-hydrogen) atoms. The number of Topliss-reactive ketones (excluding diaryl/α,β-unsaturated/α-hetero) is 1. The summed E-state index contributed by atoms with van der Waals surface area (Å²) in [5, 5.41) is 18.1. The van der Waals surface area contributed by atoms with E-state index in [1.807, 2.05) is 24.3 Å². The van der Waals surface area contributed by atoms with Crippen molar-refractivity contribution in [3.63, 3.8) is 0 Å². The molecule has 1 aromatic carbocycles. The zero-order valence-corrected chi connectivity index (χ0v) is 10.6. The summed E-state index contributed by atoms with van der Waals surface area (Å²) in [6.07, 6.45) is -0.759. The minimum Gasteiger partial charge on any atom is -0.392 e. The molecule has 1 aliphatic rings. The lowest BCUT2D eigenvalue weighted by Crippen LogP contribution is -2.57. The molecular weight excluding hydrogens is 252 g/mol. The van der Waals surface area contributed by atoms with Crippen LogP contribution in [0.25, 0.3) is 0 Å². The lowest BCUT2D eigenvalue weighted by atomic mass is 10.1. The van der Waals surface area contributed by atoms with E-state index in [0.29, 0.717) is 6.42 Å². The quantitative estimate of drug-likeness (QED) is 0.577. The molecule has 0 aromatic heterocycles. The third kappa shape index (κ3) is 3.54. The summed E-state index contributed by atoms with van der Waals surface area (Å²) in [7, 11) is 0. The molecule has 1 fully saturated rings. The topological polar surface area (TPSA) is 81.6 Å². The molecular formula is C12H16N2O3S. The summed E-state index contributed by atoms with van der Waals surface area (Å²) < 4.78 is 0. The van der Waals surface area contributed by atoms with Crippen molar-refractivity contribution in [2.45, 2.75) is 30.2 Å². The molecule has 98 valence electrons. The summed E-state index contributed by atoms with van der Waals surface area (Å²) in [5.41, 5.74) is 6.34. The van der Waals surface area contributed by atoms with Gasteiger partial charge in [0, 0.05) is 23.1 Å². The van der Waals surface area contributed by atoms with Crippen molar-refractivity contribution in [1.29, 1.82) is 0 Å². The Hall–Kier alpha value is -0.920. The number of benzene rings is 1. The Balaban J connectivity index is 1.82. The second kappa shape index (κ2) is 6.31. The van der Waals surface area contributed by atoms with E-state index in [2.05, 4.69) is 10.9 Å². The molecule has 0 spiro atoms. The lowest BCUT2D eigenvalue weighted by molar-refractivity contribution is -0.132. The van der Waals surface area contributed by atoms with E-state index < -0.39 is 6.23 Å². The Labute approximate surface area is 110 Å². The summed E-state index contributed by atoms with van der Waals surface area (Å²) in [6.45, 7) is 0.0471. The Morgan fingerprint density at radius 3 is 2.61 bits per heavy atom. The average molecular weight is 268 g/mol. The molecule has 2 unspecified atom stereocenters. The fraction of sp³-hybridized carbons (Fsp3) is 0.417. The molecule has 1 aromatic rings. The lowest BCUT2D eigenvalue weighted by Gasteiger charge is -2.26. The van der Waals surface area contributed by atoms with Crippen LogP contribution in [-0.4, -0.2) is 34.0 Å². The number of hydrogen-bond acceptors (Lipinski definition) is 6. The van der Waals surface area contributed by atoms with Crippen molar-refractivity contribution in [1.82, 2.24) is 10.9 Å². The smallest absolute Gasteiger partial charge is 0.179 e. The minimum atomic E-state index is -1.09. The van der Waals surface area contributed by atoms with Crippen LogP contribution in [0.5, 0.6) is 0 Å². The van der Waals surface area contributed by atoms with Gasteiger partial charge in [-0.05, 0) is 17.7 Å². The van der Waals surface area contributed by atoms with Crippen molar-refractivity contribution < 1.29 is 15.0 Å². The van der Waals surface area contributed by atoms with Crippen LogP contribution in [0, 0.1) is 0 Å². The number of rotatable bonds is 4. The molecule has 5 nitrogen and oxygen atoms in total. The van der Waals surface area contributed by atoms with Crippen molar-refractivity contribution in [3.8, 4) is 0 Å². The fourth-order valence-electron chi connectivity index (χ4n) is 1.67. The van der Waals surface area contributed by atoms with Gasteiger partial charge in [0.2, 0.25) is 0 Å². The van der Waals surface area contributed by atoms with E-state index in [1.165, 1.54) is 0 Å². The predicted octanol–water partition coefficient (Wildman–Crippen LogP) is 0.0250. The number of nitrogens with one attached hydrogen (secondary N) is 2. The first-order valence-corrected chi connectivity index (χ1v) is 6.72. The van der Waals surface area contributed by atoms with Gasteiger partial charge >= 0.3 is 0 Å². The Bertz CT molecular complexity index is 410. The van der Waals surface area contributed by atoms with E-state index in [-0.39, 0.29) is 18.4 Å². The van der Waals surface area contributed by atoms with Crippen LogP contribution in [0.2, 0.25) is 0 Å². The molecule has 1 aliphatic heterocycles. The van der Waals surface area contributed by atoms with E-state index in [0.717, 1.165) is 16.2 Å². The number of aliphatic hydroxyl groups excluding tert-OH is 2. The number of carbonyl (C=O) groups is 1. The van der Waals surface area contributed by atoms with E-state index >= 15 is 0 Å². The van der Waals surface area contributed by atoms with Gasteiger partial charge in [-0.1, -0.05) is 12.1 Å². The first-order chi connectivity index (χ1) is 8.69. The largest absolute Gasteiger partial charge is 0.392 e. The van der Waals surface area contributed by atoms with Gasteiger partial charge in [0.05, 0.1) is 6.61 Å². The van der Waals surface area contributed by atoms with Gasteiger partial charge < -0.3 is 10.2 Å². The van der Waals surface area contributed by atoms with Gasteiger partial charge in [0.15, 0.2) is 12.0 Å². The molecule has 0 bridgehead atoms. The number of hydrazine groups is 1. The monoisotopic (exact) mass is 268 g/mol. The zero-order chi connectivity index (χ0) is 13.0. The Morgan fingerprint density at radius 2 is 2.00 bits per heavy atom. The number of aliphatic hydroxyl groups is 2. The highest BCUT2D eigenvalue weighted by molar-refractivity contribution is 7.99. The second-order valence-corrected chi connectivity index (χ2v) is 5.27. The molecule has 0 radical (unpaired) electrons. The van der Waals surface area contributed by atoms with Crippen LogP contribution < -0.4 is 10.9 Å². The van der Waals surface area contributed by atoms with Gasteiger partial charge in [-0.15, -0.1) is 11.8 Å². The van der Waals surface area contributed by atoms with Crippen LogP contribution in [0.4, 0.5) is 0 Å². The number of thioether (sulfide) groups is 1. The second-order valence-electron chi connectivity index (χ2n) is 4.17. The van der Waals surface area contributed by atoms with E-state index in [4.69, 9.17) is 5.11 Å². The van der Waals surface area contributed by atoms with Gasteiger partial charge in [-0.25, -0.2) is 5.43 Å². The third-order valence-electron chi connectivity index (χ3n) is 2.73. The molecule has 1 saturated heterocycles. The van der Waals surface area contributed by atoms with Crippen molar-refractivity contribution in [3.05, 3.63) is 29.8 Å². The number of ketones is 1. The van der Waals surface area contributed by atoms with Crippen molar-refractivity contribution in [2.75, 3.05) is 5.75 Å². The highest BCUT2D eigenvalue weighted by atomic mass is 32.2. The van der Waals surface area contributed by atoms with Gasteiger partial charge in [-0.3, -0.25) is 10.2 Å². The van der Waals surface area contributed by atoms with Gasteiger partial charge in [-0.2, -0.15) is 0 Å². The zero-order valence-electron chi connectivity index (χ0n) is 9.80. The SMILES string of the molecule is O=C1CC(CSc2ccc(CO)cc2)NNC1O. The van der Waals surface area contributed by atoms with E-state index in [1.54, 1.807) is 11.8 Å². The molecule has 0 aliphatic carbocycles. The third-order valence-corrected chi connectivity index (χ3v) is 3.91. The Kier molecular flexibility index (Phi) is 4.73. The Morgan fingerprint density at radius 1 is 1.28 bits per heavy atom. The summed E-state index contributed by atoms with van der Waals surface area (Å²) in [6, 6.07) is 7.67. The molecule has 2 rings (SSSR count). The van der Waals surface area contributed by atoms with Crippen LogP contribution in [0.1, 0.15) is 12.0 Å². The maximum atomic E-state index is 11.3. The average Bonchev–Trinajstić information content (AvgIpc) is 2.41.